The van der Waals surface area contributed by atoms with Crippen molar-refractivity contribution in [2.75, 3.05) is 0 Å². The number of hydrogen-bond acceptors (Lipinski definition) is 4. The SMILES string of the molecule is CC.CC1CCC(C(=O)c2ccc(CC(N)C(=O)O)cc2)C1=O. The van der Waals surface area contributed by atoms with Crippen LogP contribution in [0.4, 0.5) is 0 Å². The van der Waals surface area contributed by atoms with Gasteiger partial charge in [0.05, 0.1) is 5.92 Å². The molecule has 5 nitrogen and oxygen atoms in total. The summed E-state index contributed by atoms with van der Waals surface area (Å²) in [6.45, 7) is 5.85. The zero-order valence-corrected chi connectivity index (χ0v) is 13.9. The summed E-state index contributed by atoms with van der Waals surface area (Å²) in [5.74, 6) is -1.73. The van der Waals surface area contributed by atoms with E-state index in [1.54, 1.807) is 24.3 Å². The molecular formula is C18H25NO4. The van der Waals surface area contributed by atoms with E-state index in [9.17, 15) is 14.4 Å². The topological polar surface area (TPSA) is 97.5 Å². The third-order valence-corrected chi connectivity index (χ3v) is 4.05. The largest absolute Gasteiger partial charge is 0.480 e. The fraction of sp³-hybridized carbons (Fsp3) is 0.500. The molecule has 0 spiro atoms. The van der Waals surface area contributed by atoms with E-state index in [0.717, 1.165) is 12.0 Å². The van der Waals surface area contributed by atoms with Gasteiger partial charge in [-0.15, -0.1) is 0 Å². The molecule has 0 aliphatic heterocycles. The standard InChI is InChI=1S/C16H19NO4.C2H6/c1-9-2-7-12(14(9)18)15(19)11-5-3-10(4-6-11)8-13(17)16(20)21;1-2/h3-6,9,12-13H,2,7-8,17H2,1H3,(H,20,21);1-2H3. The first-order valence-electron chi connectivity index (χ1n) is 8.05. The first-order chi connectivity index (χ1) is 10.9. The molecule has 1 aromatic rings. The highest BCUT2D eigenvalue weighted by atomic mass is 16.4. The van der Waals surface area contributed by atoms with Crippen molar-refractivity contribution in [1.82, 2.24) is 0 Å². The van der Waals surface area contributed by atoms with Crippen molar-refractivity contribution in [3.8, 4) is 0 Å². The van der Waals surface area contributed by atoms with Gasteiger partial charge in [-0.05, 0) is 24.8 Å². The Bertz CT molecular complexity index is 565. The number of ketones is 2. The van der Waals surface area contributed by atoms with Gasteiger partial charge in [-0.3, -0.25) is 14.4 Å². The second kappa shape index (κ2) is 8.58. The average molecular weight is 319 g/mol. The van der Waals surface area contributed by atoms with Gasteiger partial charge in [-0.25, -0.2) is 0 Å². The Kier molecular flexibility index (Phi) is 7.10. The van der Waals surface area contributed by atoms with Gasteiger partial charge in [0.1, 0.15) is 11.8 Å². The third-order valence-electron chi connectivity index (χ3n) is 4.05. The number of carboxylic acid groups (broad SMARTS) is 1. The molecule has 0 saturated heterocycles. The van der Waals surface area contributed by atoms with Crippen LogP contribution >= 0.6 is 0 Å². The fourth-order valence-electron chi connectivity index (χ4n) is 2.65. The van der Waals surface area contributed by atoms with Gasteiger partial charge in [-0.2, -0.15) is 0 Å². The Morgan fingerprint density at radius 1 is 1.22 bits per heavy atom. The summed E-state index contributed by atoms with van der Waals surface area (Å²) in [6, 6.07) is 5.71. The molecule has 3 unspecified atom stereocenters. The molecule has 23 heavy (non-hydrogen) atoms. The molecule has 3 N–H and O–H groups in total. The summed E-state index contributed by atoms with van der Waals surface area (Å²) in [5.41, 5.74) is 6.72. The lowest BCUT2D eigenvalue weighted by molar-refractivity contribution is -0.138. The normalized spacial score (nSPS) is 21.3. The molecule has 1 aliphatic carbocycles. The Hall–Kier alpha value is -2.01. The average Bonchev–Trinajstić information content (AvgIpc) is 2.89. The lowest BCUT2D eigenvalue weighted by atomic mass is 9.93. The number of Topliss-reactive ketones (excluding diaryl/α,β-unsaturated/α-hetero) is 2. The van der Waals surface area contributed by atoms with Gasteiger partial charge in [0.2, 0.25) is 0 Å². The first-order valence-corrected chi connectivity index (χ1v) is 8.05. The lowest BCUT2D eigenvalue weighted by Gasteiger charge is -2.10. The minimum absolute atomic E-state index is 0.0250. The molecule has 0 heterocycles. The highest BCUT2D eigenvalue weighted by Gasteiger charge is 2.36. The van der Waals surface area contributed by atoms with E-state index >= 15 is 0 Å². The molecule has 1 aromatic carbocycles. The summed E-state index contributed by atoms with van der Waals surface area (Å²) in [4.78, 5) is 34.9. The molecule has 1 fully saturated rings. The van der Waals surface area contributed by atoms with Crippen LogP contribution in [0.25, 0.3) is 0 Å². The van der Waals surface area contributed by atoms with Crippen molar-refractivity contribution in [3.05, 3.63) is 35.4 Å². The van der Waals surface area contributed by atoms with E-state index in [4.69, 9.17) is 10.8 Å². The van der Waals surface area contributed by atoms with E-state index in [1.807, 2.05) is 20.8 Å². The van der Waals surface area contributed by atoms with Crippen LogP contribution in [0, 0.1) is 11.8 Å². The number of carbonyl (C=O) groups is 3. The van der Waals surface area contributed by atoms with Crippen LogP contribution in [0.3, 0.4) is 0 Å². The van der Waals surface area contributed by atoms with Crippen LogP contribution in [0.1, 0.15) is 49.5 Å². The van der Waals surface area contributed by atoms with Crippen LogP contribution in [-0.4, -0.2) is 28.7 Å². The van der Waals surface area contributed by atoms with Gasteiger partial charge in [-0.1, -0.05) is 45.0 Å². The van der Waals surface area contributed by atoms with Crippen molar-refractivity contribution in [2.45, 2.75) is 46.1 Å². The maximum absolute atomic E-state index is 12.3. The predicted molar refractivity (Wildman–Crippen MR) is 88.3 cm³/mol. The summed E-state index contributed by atoms with van der Waals surface area (Å²) in [7, 11) is 0. The zero-order chi connectivity index (χ0) is 17.6. The van der Waals surface area contributed by atoms with E-state index < -0.39 is 17.9 Å². The fourth-order valence-corrected chi connectivity index (χ4v) is 2.65. The van der Waals surface area contributed by atoms with Crippen LogP contribution < -0.4 is 5.73 Å². The second-order valence-electron chi connectivity index (χ2n) is 5.64. The summed E-state index contributed by atoms with van der Waals surface area (Å²) >= 11 is 0. The lowest BCUT2D eigenvalue weighted by Crippen LogP contribution is -2.32. The minimum atomic E-state index is -1.05. The monoisotopic (exact) mass is 319 g/mol. The first kappa shape index (κ1) is 19.0. The predicted octanol–water partition coefficient (Wildman–Crippen LogP) is 2.47. The van der Waals surface area contributed by atoms with Crippen molar-refractivity contribution < 1.29 is 19.5 Å². The minimum Gasteiger partial charge on any atom is -0.480 e. The van der Waals surface area contributed by atoms with Crippen molar-refractivity contribution in [2.24, 2.45) is 17.6 Å². The molecule has 1 aliphatic rings. The number of nitrogens with two attached hydrogens (primary N) is 1. The van der Waals surface area contributed by atoms with E-state index in [2.05, 4.69) is 0 Å². The van der Waals surface area contributed by atoms with Crippen molar-refractivity contribution in [1.29, 1.82) is 0 Å². The number of aliphatic carboxylic acids is 1. The molecule has 126 valence electrons. The maximum atomic E-state index is 12.3. The summed E-state index contributed by atoms with van der Waals surface area (Å²) in [5, 5.41) is 8.77. The van der Waals surface area contributed by atoms with Crippen LogP contribution in [0.2, 0.25) is 0 Å². The van der Waals surface area contributed by atoms with Gasteiger partial charge < -0.3 is 10.8 Å². The van der Waals surface area contributed by atoms with Gasteiger partial charge in [0.15, 0.2) is 5.78 Å². The Balaban J connectivity index is 0.00000127. The second-order valence-corrected chi connectivity index (χ2v) is 5.64. The molecule has 0 aromatic heterocycles. The highest BCUT2D eigenvalue weighted by molar-refractivity contribution is 6.12. The van der Waals surface area contributed by atoms with E-state index in [0.29, 0.717) is 12.0 Å². The van der Waals surface area contributed by atoms with Crippen LogP contribution in [-0.2, 0) is 16.0 Å². The number of carboxylic acids is 1. The molecule has 0 bridgehead atoms. The Labute approximate surface area is 136 Å². The van der Waals surface area contributed by atoms with Crippen molar-refractivity contribution >= 4 is 17.5 Å². The van der Waals surface area contributed by atoms with E-state index in [-0.39, 0.29) is 23.9 Å². The van der Waals surface area contributed by atoms with Gasteiger partial charge in [0, 0.05) is 11.5 Å². The molecule has 0 amide bonds. The molecule has 0 radical (unpaired) electrons. The number of rotatable bonds is 5. The smallest absolute Gasteiger partial charge is 0.320 e. The highest BCUT2D eigenvalue weighted by Crippen LogP contribution is 2.29. The molecule has 3 atom stereocenters. The third kappa shape index (κ3) is 4.73. The summed E-state index contributed by atoms with van der Waals surface area (Å²) < 4.78 is 0. The van der Waals surface area contributed by atoms with Crippen LogP contribution in [0.15, 0.2) is 24.3 Å². The molecule has 1 saturated carbocycles. The molecule has 2 rings (SSSR count). The quantitative estimate of drug-likeness (QED) is 0.642. The maximum Gasteiger partial charge on any atom is 0.320 e. The number of hydrogen-bond donors (Lipinski definition) is 2. The number of benzene rings is 1. The van der Waals surface area contributed by atoms with Crippen LogP contribution in [0.5, 0.6) is 0 Å². The van der Waals surface area contributed by atoms with Gasteiger partial charge >= 0.3 is 5.97 Å². The zero-order valence-electron chi connectivity index (χ0n) is 13.9. The Morgan fingerprint density at radius 3 is 2.22 bits per heavy atom. The number of carbonyl (C=O) groups excluding carboxylic acids is 2. The molecule has 5 heteroatoms. The van der Waals surface area contributed by atoms with Crippen molar-refractivity contribution in [3.63, 3.8) is 0 Å². The van der Waals surface area contributed by atoms with Gasteiger partial charge in [0.25, 0.3) is 0 Å². The Morgan fingerprint density at radius 2 is 1.78 bits per heavy atom. The molecular weight excluding hydrogens is 294 g/mol. The van der Waals surface area contributed by atoms with E-state index in [1.165, 1.54) is 0 Å². The summed E-state index contributed by atoms with van der Waals surface area (Å²) in [6.07, 6.45) is 1.59.